The van der Waals surface area contributed by atoms with Gasteiger partial charge in [0.25, 0.3) is 0 Å². The Labute approximate surface area is 343 Å². The summed E-state index contributed by atoms with van der Waals surface area (Å²) in [7, 11) is 0. The van der Waals surface area contributed by atoms with Gasteiger partial charge in [0.2, 0.25) is 0 Å². The third-order valence-corrected chi connectivity index (χ3v) is 13.8. The summed E-state index contributed by atoms with van der Waals surface area (Å²) in [5.74, 6) is 0. The van der Waals surface area contributed by atoms with Crippen molar-refractivity contribution >= 4 is 17.1 Å². The van der Waals surface area contributed by atoms with E-state index in [1.807, 2.05) is 0 Å². The van der Waals surface area contributed by atoms with Gasteiger partial charge in [0, 0.05) is 27.6 Å². The van der Waals surface area contributed by atoms with Gasteiger partial charge < -0.3 is 4.90 Å². The first-order valence-electron chi connectivity index (χ1n) is 20.8. The third kappa shape index (κ3) is 4.77. The Bertz CT molecular complexity index is 2840. The predicted molar refractivity (Wildman–Crippen MR) is 245 cm³/mol. The van der Waals surface area contributed by atoms with Gasteiger partial charge in [-0.25, -0.2) is 0 Å². The van der Waals surface area contributed by atoms with Crippen LogP contribution < -0.4 is 4.90 Å². The third-order valence-electron chi connectivity index (χ3n) is 13.8. The Morgan fingerprint density at radius 1 is 0.310 bits per heavy atom. The molecule has 0 radical (unpaired) electrons. The topological polar surface area (TPSA) is 3.24 Å². The average Bonchev–Trinajstić information content (AvgIpc) is 3.74. The number of hydrogen-bond acceptors (Lipinski definition) is 1. The molecule has 0 N–H and O–H groups in total. The van der Waals surface area contributed by atoms with E-state index in [2.05, 4.69) is 222 Å². The summed E-state index contributed by atoms with van der Waals surface area (Å²) in [4.78, 5) is 2.53. The van der Waals surface area contributed by atoms with Crippen LogP contribution in [0, 0.1) is 0 Å². The lowest BCUT2D eigenvalue weighted by Gasteiger charge is -2.32. The fraction of sp³-hybridized carbons (Fsp3) is 0.158. The molecule has 3 aliphatic carbocycles. The smallest absolute Gasteiger partial charge is 0.0508 e. The number of fused-ring (bicyclic) bond motifs is 9. The second kappa shape index (κ2) is 12.3. The van der Waals surface area contributed by atoms with Crippen LogP contribution in [0.25, 0.3) is 55.6 Å². The van der Waals surface area contributed by atoms with E-state index in [4.69, 9.17) is 0 Å². The molecule has 0 saturated heterocycles. The molecule has 0 aliphatic heterocycles. The molecule has 3 aliphatic rings. The SMILES string of the molecule is CC1(C)c2ccccc2-c2c(-c3cccc(N(c4cccc(-c5cccc6c5-c5ccccc5C6(C)C)c4)c4cccc5c4C(C)(C)c4ccccc4-5)c3)cccc21. The zero-order chi connectivity index (χ0) is 39.6. The largest absolute Gasteiger partial charge is 0.310 e. The highest BCUT2D eigenvalue weighted by Crippen LogP contribution is 2.57. The molecule has 11 rings (SSSR count). The van der Waals surface area contributed by atoms with Crippen LogP contribution in [0.1, 0.15) is 74.9 Å². The van der Waals surface area contributed by atoms with Crippen molar-refractivity contribution in [2.75, 3.05) is 4.90 Å². The van der Waals surface area contributed by atoms with E-state index in [0.717, 1.165) is 11.4 Å². The van der Waals surface area contributed by atoms with Crippen molar-refractivity contribution in [1.29, 1.82) is 0 Å². The van der Waals surface area contributed by atoms with Crippen molar-refractivity contribution in [1.82, 2.24) is 0 Å². The lowest BCUT2D eigenvalue weighted by molar-refractivity contribution is 0.660. The Hall–Kier alpha value is -6.44. The van der Waals surface area contributed by atoms with Crippen LogP contribution >= 0.6 is 0 Å². The number of rotatable bonds is 5. The summed E-state index contributed by atoms with van der Waals surface area (Å²) in [6.07, 6.45) is 0. The summed E-state index contributed by atoms with van der Waals surface area (Å²) >= 11 is 0. The summed E-state index contributed by atoms with van der Waals surface area (Å²) in [6, 6.07) is 66.1. The molecule has 58 heavy (non-hydrogen) atoms. The van der Waals surface area contributed by atoms with Crippen LogP contribution in [0.15, 0.2) is 176 Å². The van der Waals surface area contributed by atoms with Crippen molar-refractivity contribution in [2.45, 2.75) is 57.8 Å². The van der Waals surface area contributed by atoms with E-state index in [1.54, 1.807) is 0 Å². The molecule has 0 bridgehead atoms. The predicted octanol–water partition coefficient (Wildman–Crippen LogP) is 15.4. The lowest BCUT2D eigenvalue weighted by atomic mass is 9.81. The van der Waals surface area contributed by atoms with Gasteiger partial charge in [0.05, 0.1) is 5.69 Å². The van der Waals surface area contributed by atoms with Crippen molar-refractivity contribution in [3.05, 3.63) is 209 Å². The van der Waals surface area contributed by atoms with Crippen LogP contribution in [0.4, 0.5) is 17.1 Å². The quantitative estimate of drug-likeness (QED) is 0.170. The zero-order valence-corrected chi connectivity index (χ0v) is 34.2. The molecule has 0 aromatic heterocycles. The minimum Gasteiger partial charge on any atom is -0.310 e. The Kier molecular flexibility index (Phi) is 7.36. The van der Waals surface area contributed by atoms with Gasteiger partial charge in [-0.1, -0.05) is 187 Å². The second-order valence-electron chi connectivity index (χ2n) is 18.1. The lowest BCUT2D eigenvalue weighted by Crippen LogP contribution is -2.20. The molecule has 8 aromatic rings. The average molecular weight is 746 g/mol. The minimum atomic E-state index is -0.193. The van der Waals surface area contributed by atoms with Crippen LogP contribution in [-0.4, -0.2) is 0 Å². The maximum Gasteiger partial charge on any atom is 0.0508 e. The van der Waals surface area contributed by atoms with Gasteiger partial charge in [-0.2, -0.15) is 0 Å². The normalized spacial score (nSPS) is 15.5. The fourth-order valence-corrected chi connectivity index (χ4v) is 11.0. The van der Waals surface area contributed by atoms with Gasteiger partial charge in [-0.3, -0.25) is 0 Å². The molecule has 0 heterocycles. The van der Waals surface area contributed by atoms with Gasteiger partial charge in [-0.05, 0) is 119 Å². The number of anilines is 3. The Morgan fingerprint density at radius 3 is 1.21 bits per heavy atom. The van der Waals surface area contributed by atoms with Gasteiger partial charge >= 0.3 is 0 Å². The van der Waals surface area contributed by atoms with E-state index in [9.17, 15) is 0 Å². The van der Waals surface area contributed by atoms with Gasteiger partial charge in [-0.15, -0.1) is 0 Å². The van der Waals surface area contributed by atoms with Crippen molar-refractivity contribution in [2.24, 2.45) is 0 Å². The summed E-state index contributed by atoms with van der Waals surface area (Å²) in [6.45, 7) is 14.2. The minimum absolute atomic E-state index is 0.0649. The molecule has 0 fully saturated rings. The molecule has 0 spiro atoms. The first-order chi connectivity index (χ1) is 28.1. The molecule has 280 valence electrons. The second-order valence-corrected chi connectivity index (χ2v) is 18.1. The van der Waals surface area contributed by atoms with Crippen LogP contribution in [0.3, 0.4) is 0 Å². The highest BCUT2D eigenvalue weighted by atomic mass is 15.1. The van der Waals surface area contributed by atoms with Crippen LogP contribution in [0.5, 0.6) is 0 Å². The Balaban J connectivity index is 1.14. The van der Waals surface area contributed by atoms with E-state index < -0.39 is 0 Å². The van der Waals surface area contributed by atoms with Crippen LogP contribution in [-0.2, 0) is 16.2 Å². The molecular weight excluding hydrogens is 699 g/mol. The van der Waals surface area contributed by atoms with E-state index in [-0.39, 0.29) is 16.2 Å². The molecular formula is C57H47N. The van der Waals surface area contributed by atoms with Crippen LogP contribution in [0.2, 0.25) is 0 Å². The number of hydrogen-bond donors (Lipinski definition) is 0. The van der Waals surface area contributed by atoms with Crippen molar-refractivity contribution < 1.29 is 0 Å². The van der Waals surface area contributed by atoms with Gasteiger partial charge in [0.15, 0.2) is 0 Å². The summed E-state index contributed by atoms with van der Waals surface area (Å²) < 4.78 is 0. The zero-order valence-electron chi connectivity index (χ0n) is 34.2. The number of nitrogens with zero attached hydrogens (tertiary/aromatic N) is 1. The fourth-order valence-electron chi connectivity index (χ4n) is 11.0. The van der Waals surface area contributed by atoms with E-state index >= 15 is 0 Å². The van der Waals surface area contributed by atoms with E-state index in [0.29, 0.717) is 0 Å². The van der Waals surface area contributed by atoms with E-state index in [1.165, 1.54) is 94.7 Å². The molecule has 1 nitrogen and oxygen atoms in total. The maximum atomic E-state index is 2.53. The summed E-state index contributed by atoms with van der Waals surface area (Å²) in [5, 5.41) is 0. The molecule has 0 saturated carbocycles. The molecule has 1 heteroatoms. The molecule has 8 aromatic carbocycles. The highest BCUT2D eigenvalue weighted by molar-refractivity contribution is 5.97. The van der Waals surface area contributed by atoms with Gasteiger partial charge in [0.1, 0.15) is 0 Å². The summed E-state index contributed by atoms with van der Waals surface area (Å²) in [5.41, 5.74) is 24.5. The molecule has 0 amide bonds. The van der Waals surface area contributed by atoms with Crippen molar-refractivity contribution in [3.63, 3.8) is 0 Å². The van der Waals surface area contributed by atoms with Crippen molar-refractivity contribution in [3.8, 4) is 55.6 Å². The Morgan fingerprint density at radius 2 is 0.690 bits per heavy atom. The maximum absolute atomic E-state index is 2.53. The first-order valence-corrected chi connectivity index (χ1v) is 20.8. The monoisotopic (exact) mass is 745 g/mol. The first kappa shape index (κ1) is 34.8. The highest BCUT2D eigenvalue weighted by Gasteiger charge is 2.40. The number of benzene rings is 8. The standard InChI is InChI=1S/C57H47N/c1-55(2)47-29-11-8-23-44(47)52-40(25-15-31-49(52)55)36-18-13-20-38(34-36)58(51-33-17-27-43-42-22-7-10-28-46(42)57(5,6)54(43)51)39-21-14-19-37(35-39)41-26-16-32-50-53(41)45-24-9-12-30-48(45)56(50,3)4/h7-35H,1-6H3. The molecule has 0 atom stereocenters. The molecule has 0 unspecified atom stereocenters.